The van der Waals surface area contributed by atoms with Crippen LogP contribution in [0.3, 0.4) is 0 Å². The van der Waals surface area contributed by atoms with E-state index in [2.05, 4.69) is 5.32 Å². The van der Waals surface area contributed by atoms with E-state index in [4.69, 9.17) is 9.47 Å². The van der Waals surface area contributed by atoms with Gasteiger partial charge in [-0.3, -0.25) is 4.79 Å². The number of hydrogen-bond donors (Lipinski definition) is 3. The number of amides is 1. The Labute approximate surface area is 199 Å². The molecular weight excluding hydrogens is 438 g/mol. The monoisotopic (exact) mass is 469 g/mol. The lowest BCUT2D eigenvalue weighted by atomic mass is 9.96. The number of carboxylic acid groups (broad SMARTS) is 2. The Morgan fingerprint density at radius 2 is 1.62 bits per heavy atom. The van der Waals surface area contributed by atoms with Gasteiger partial charge in [-0.2, -0.15) is 0 Å². The Kier molecular flexibility index (Phi) is 9.67. The van der Waals surface area contributed by atoms with Crippen molar-refractivity contribution < 1.29 is 34.1 Å². The summed E-state index contributed by atoms with van der Waals surface area (Å²) in [6.45, 7) is 5.40. The topological polar surface area (TPSA) is 122 Å². The van der Waals surface area contributed by atoms with Crippen molar-refractivity contribution in [3.63, 3.8) is 0 Å². The number of aliphatic carboxylic acids is 2. The average molecular weight is 470 g/mol. The molecule has 182 valence electrons. The Balaban J connectivity index is 1.92. The maximum Gasteiger partial charge on any atom is 0.408 e. The zero-order chi connectivity index (χ0) is 25.1. The minimum atomic E-state index is -1.38. The largest absolute Gasteiger partial charge is 0.489 e. The Morgan fingerprint density at radius 3 is 2.18 bits per heavy atom. The second-order valence-corrected chi connectivity index (χ2v) is 8.79. The normalized spacial score (nSPS) is 13.1. The highest BCUT2D eigenvalue weighted by Crippen LogP contribution is 2.18. The van der Waals surface area contributed by atoms with Crippen molar-refractivity contribution in [2.24, 2.45) is 5.92 Å². The highest BCUT2D eigenvalue weighted by Gasteiger charge is 2.29. The van der Waals surface area contributed by atoms with Gasteiger partial charge in [0, 0.05) is 0 Å². The van der Waals surface area contributed by atoms with Crippen LogP contribution in [0.2, 0.25) is 0 Å². The Morgan fingerprint density at radius 1 is 0.971 bits per heavy atom. The number of alkyl carbamates (subject to hydrolysis) is 1. The molecule has 8 nitrogen and oxygen atoms in total. The summed E-state index contributed by atoms with van der Waals surface area (Å²) in [4.78, 5) is 35.1. The van der Waals surface area contributed by atoms with Crippen molar-refractivity contribution in [2.45, 2.75) is 51.9 Å². The van der Waals surface area contributed by atoms with Gasteiger partial charge < -0.3 is 25.0 Å². The summed E-state index contributed by atoms with van der Waals surface area (Å²) in [6.07, 6.45) is 2.34. The molecule has 2 rings (SSSR count). The van der Waals surface area contributed by atoms with Gasteiger partial charge in [-0.25, -0.2) is 9.59 Å². The standard InChI is InChI=1S/C26H31NO7/c1-26(2,3)34-25(32)27-22(24(30)31)16-20(23(28)29)11-7-10-18-12-14-21(15-13-18)33-17-19-8-5-4-6-9-19/h4-10,12-15,20,22H,11,16-17H2,1-3H3,(H,27,32)(H,28,29)(H,30,31)/t20-,22-/m0/s1. The lowest BCUT2D eigenvalue weighted by molar-refractivity contribution is -0.144. The molecule has 0 saturated carbocycles. The smallest absolute Gasteiger partial charge is 0.408 e. The molecular formula is C26H31NO7. The molecule has 0 radical (unpaired) electrons. The summed E-state index contributed by atoms with van der Waals surface area (Å²) in [6, 6.07) is 15.7. The fraction of sp³-hybridized carbons (Fsp3) is 0.346. The number of allylic oxidation sites excluding steroid dienone is 1. The molecule has 2 atom stereocenters. The first-order chi connectivity index (χ1) is 16.0. The molecule has 0 aliphatic carbocycles. The molecule has 8 heteroatoms. The van der Waals surface area contributed by atoms with Crippen LogP contribution in [0.25, 0.3) is 6.08 Å². The van der Waals surface area contributed by atoms with E-state index in [1.54, 1.807) is 32.9 Å². The second-order valence-electron chi connectivity index (χ2n) is 8.79. The van der Waals surface area contributed by atoms with E-state index in [0.29, 0.717) is 12.4 Å². The highest BCUT2D eigenvalue weighted by atomic mass is 16.6. The third-order valence-corrected chi connectivity index (χ3v) is 4.72. The lowest BCUT2D eigenvalue weighted by Crippen LogP contribution is -2.45. The minimum absolute atomic E-state index is 0.0986. The van der Waals surface area contributed by atoms with Crippen molar-refractivity contribution in [2.75, 3.05) is 0 Å². The molecule has 0 bridgehead atoms. The van der Waals surface area contributed by atoms with Crippen LogP contribution >= 0.6 is 0 Å². The van der Waals surface area contributed by atoms with Crippen LogP contribution in [0.5, 0.6) is 5.75 Å². The number of hydrogen-bond acceptors (Lipinski definition) is 5. The third-order valence-electron chi connectivity index (χ3n) is 4.72. The van der Waals surface area contributed by atoms with Crippen molar-refractivity contribution in [1.82, 2.24) is 5.32 Å². The molecule has 0 heterocycles. The molecule has 2 aromatic carbocycles. The van der Waals surface area contributed by atoms with Gasteiger partial charge in [0.2, 0.25) is 0 Å². The van der Waals surface area contributed by atoms with E-state index in [1.807, 2.05) is 54.6 Å². The maximum atomic E-state index is 11.9. The molecule has 2 aromatic rings. The molecule has 34 heavy (non-hydrogen) atoms. The van der Waals surface area contributed by atoms with Gasteiger partial charge in [0.25, 0.3) is 0 Å². The zero-order valence-corrected chi connectivity index (χ0v) is 19.6. The minimum Gasteiger partial charge on any atom is -0.489 e. The van der Waals surface area contributed by atoms with Gasteiger partial charge in [-0.1, -0.05) is 54.6 Å². The van der Waals surface area contributed by atoms with E-state index >= 15 is 0 Å². The first-order valence-electron chi connectivity index (χ1n) is 10.9. The lowest BCUT2D eigenvalue weighted by Gasteiger charge is -2.23. The fourth-order valence-electron chi connectivity index (χ4n) is 3.04. The van der Waals surface area contributed by atoms with Crippen molar-refractivity contribution in [3.8, 4) is 5.75 Å². The SMILES string of the molecule is CC(C)(C)OC(=O)N[C@@H](C[C@H](CC=Cc1ccc(OCc2ccccc2)cc1)C(=O)O)C(=O)O. The maximum absolute atomic E-state index is 11.9. The van der Waals surface area contributed by atoms with E-state index in [1.165, 1.54) is 0 Å². The molecule has 0 unspecified atom stereocenters. The van der Waals surface area contributed by atoms with Crippen LogP contribution in [0, 0.1) is 5.92 Å². The fourth-order valence-corrected chi connectivity index (χ4v) is 3.04. The Bertz CT molecular complexity index is 978. The van der Waals surface area contributed by atoms with Gasteiger partial charge in [0.1, 0.15) is 24.0 Å². The number of rotatable bonds is 11. The van der Waals surface area contributed by atoms with E-state index in [0.717, 1.165) is 11.1 Å². The average Bonchev–Trinajstić information content (AvgIpc) is 2.76. The van der Waals surface area contributed by atoms with Gasteiger partial charge in [-0.15, -0.1) is 0 Å². The quantitative estimate of drug-likeness (QED) is 0.434. The van der Waals surface area contributed by atoms with Crippen molar-refractivity contribution >= 4 is 24.1 Å². The third kappa shape index (κ3) is 9.77. The van der Waals surface area contributed by atoms with Gasteiger partial charge in [-0.05, 0) is 56.9 Å². The summed E-state index contributed by atoms with van der Waals surface area (Å²) >= 11 is 0. The Hall–Kier alpha value is -3.81. The summed E-state index contributed by atoms with van der Waals surface area (Å²) in [7, 11) is 0. The van der Waals surface area contributed by atoms with Crippen LogP contribution in [-0.2, 0) is 20.9 Å². The highest BCUT2D eigenvalue weighted by molar-refractivity contribution is 5.81. The van der Waals surface area contributed by atoms with Crippen LogP contribution in [-0.4, -0.2) is 39.9 Å². The van der Waals surface area contributed by atoms with Crippen LogP contribution in [0.15, 0.2) is 60.7 Å². The van der Waals surface area contributed by atoms with Crippen LogP contribution in [0.4, 0.5) is 4.79 Å². The van der Waals surface area contributed by atoms with Gasteiger partial charge >= 0.3 is 18.0 Å². The second kappa shape index (κ2) is 12.4. The van der Waals surface area contributed by atoms with E-state index in [9.17, 15) is 24.6 Å². The number of carboxylic acids is 2. The number of benzene rings is 2. The molecule has 1 amide bonds. The molecule has 0 spiro atoms. The number of carbonyl (C=O) groups is 3. The van der Waals surface area contributed by atoms with Gasteiger partial charge in [0.15, 0.2) is 0 Å². The zero-order valence-electron chi connectivity index (χ0n) is 19.6. The summed E-state index contributed by atoms with van der Waals surface area (Å²) in [5.74, 6) is -2.76. The van der Waals surface area contributed by atoms with Crippen molar-refractivity contribution in [1.29, 1.82) is 0 Å². The molecule has 0 aromatic heterocycles. The van der Waals surface area contributed by atoms with Crippen LogP contribution in [0.1, 0.15) is 44.7 Å². The number of ether oxygens (including phenoxy) is 2. The van der Waals surface area contributed by atoms with Crippen LogP contribution < -0.4 is 10.1 Å². The first kappa shape index (κ1) is 26.4. The predicted molar refractivity (Wildman–Crippen MR) is 127 cm³/mol. The molecule has 0 fully saturated rings. The summed E-state index contributed by atoms with van der Waals surface area (Å²) in [5, 5.41) is 21.2. The predicted octanol–water partition coefficient (Wildman–Crippen LogP) is 4.74. The van der Waals surface area contributed by atoms with Crippen molar-refractivity contribution in [3.05, 3.63) is 71.8 Å². The van der Waals surface area contributed by atoms with E-state index < -0.39 is 35.6 Å². The van der Waals surface area contributed by atoms with E-state index in [-0.39, 0.29) is 12.8 Å². The molecule has 0 saturated heterocycles. The molecule has 0 aliphatic rings. The first-order valence-corrected chi connectivity index (χ1v) is 10.9. The number of carbonyl (C=O) groups excluding carboxylic acids is 1. The number of nitrogens with one attached hydrogen (secondary N) is 1. The summed E-state index contributed by atoms with van der Waals surface area (Å²) in [5.41, 5.74) is 1.11. The molecule has 0 aliphatic heterocycles. The van der Waals surface area contributed by atoms with Gasteiger partial charge in [0.05, 0.1) is 5.92 Å². The molecule has 3 N–H and O–H groups in total. The summed E-state index contributed by atoms with van der Waals surface area (Å²) < 4.78 is 10.8.